The molecule has 2 aliphatic heterocycles. The molecule has 6 aliphatic rings. The number of hydrogen-bond acceptors (Lipinski definition) is 10. The summed E-state index contributed by atoms with van der Waals surface area (Å²) < 4.78 is 24.8. The molecule has 0 aromatic heterocycles. The maximum Gasteiger partial charge on any atom is 0.347 e. The Kier molecular flexibility index (Phi) is 17.6. The zero-order valence-corrected chi connectivity index (χ0v) is 50.6. The van der Waals surface area contributed by atoms with Crippen molar-refractivity contribution in [3.8, 4) is 34.5 Å². The fourth-order valence-corrected chi connectivity index (χ4v) is 15.9. The third kappa shape index (κ3) is 12.4. The van der Waals surface area contributed by atoms with Crippen molar-refractivity contribution in [3.63, 3.8) is 0 Å². The summed E-state index contributed by atoms with van der Waals surface area (Å²) in [6.07, 6.45) is 21.6. The van der Waals surface area contributed by atoms with Gasteiger partial charge in [0.25, 0.3) is 0 Å². The Hall–Kier alpha value is -6.94. The van der Waals surface area contributed by atoms with Gasteiger partial charge in [0.2, 0.25) is 0 Å². The van der Waals surface area contributed by atoms with Crippen molar-refractivity contribution in [2.24, 2.45) is 0 Å². The topological polar surface area (TPSA) is 152 Å². The molecular formula is C75H88O10. The van der Waals surface area contributed by atoms with Gasteiger partial charge in [-0.2, -0.15) is 0 Å². The fraction of sp³-hybridized carbons (Fsp3) is 0.493. The molecule has 6 aromatic rings. The number of carbonyl (C=O) groups is 2. The second-order valence-electron chi connectivity index (χ2n) is 26.3. The van der Waals surface area contributed by atoms with E-state index in [2.05, 4.69) is 76.2 Å². The molecule has 4 saturated carbocycles. The summed E-state index contributed by atoms with van der Waals surface area (Å²) in [6.45, 7) is 8.89. The summed E-state index contributed by atoms with van der Waals surface area (Å²) in [5.41, 5.74) is 15.6. The quantitative estimate of drug-likeness (QED) is 0.0544. The van der Waals surface area contributed by atoms with Gasteiger partial charge in [-0.25, -0.2) is 9.59 Å². The van der Waals surface area contributed by atoms with E-state index < -0.39 is 24.0 Å². The number of aromatic hydroxyl groups is 4. The van der Waals surface area contributed by atoms with Crippen molar-refractivity contribution in [2.45, 2.75) is 223 Å². The first-order chi connectivity index (χ1) is 41.3. The molecule has 10 heteroatoms. The number of carbonyl (C=O) groups excluding carboxylic acids is 2. The van der Waals surface area contributed by atoms with E-state index in [1.807, 2.05) is 36.4 Å². The van der Waals surface area contributed by atoms with Crippen LogP contribution in [0.3, 0.4) is 0 Å². The molecule has 0 bridgehead atoms. The van der Waals surface area contributed by atoms with E-state index in [1.165, 1.54) is 25.7 Å². The van der Waals surface area contributed by atoms with Gasteiger partial charge in [-0.1, -0.05) is 126 Å². The summed E-state index contributed by atoms with van der Waals surface area (Å²) >= 11 is 0. The molecule has 4 aliphatic carbocycles. The van der Waals surface area contributed by atoms with Gasteiger partial charge in [0.1, 0.15) is 34.5 Å². The first kappa shape index (κ1) is 58.4. The molecule has 6 aromatic carbocycles. The Balaban J connectivity index is 1.05. The zero-order valence-electron chi connectivity index (χ0n) is 50.6. The fourth-order valence-electron chi connectivity index (χ4n) is 15.9. The molecular weight excluding hydrogens is 1060 g/mol. The van der Waals surface area contributed by atoms with E-state index in [0.29, 0.717) is 53.8 Å². The van der Waals surface area contributed by atoms with E-state index >= 15 is 0 Å². The number of rotatable bonds is 16. The number of phenols is 4. The normalized spacial score (nSPS) is 20.3. The zero-order chi connectivity index (χ0) is 58.9. The Morgan fingerprint density at radius 3 is 0.918 bits per heavy atom. The predicted molar refractivity (Wildman–Crippen MR) is 332 cm³/mol. The van der Waals surface area contributed by atoms with E-state index in [4.69, 9.17) is 18.9 Å². The van der Waals surface area contributed by atoms with E-state index in [1.54, 1.807) is 0 Å². The Morgan fingerprint density at radius 2 is 0.659 bits per heavy atom. The molecule has 2 atom stereocenters. The van der Waals surface area contributed by atoms with Gasteiger partial charge in [-0.3, -0.25) is 0 Å². The molecule has 0 spiro atoms. The first-order valence-corrected chi connectivity index (χ1v) is 32.5. The van der Waals surface area contributed by atoms with Crippen molar-refractivity contribution in [3.05, 3.63) is 174 Å². The molecule has 6 fully saturated rings. The smallest absolute Gasteiger partial charge is 0.347 e. The van der Waals surface area contributed by atoms with Crippen molar-refractivity contribution < 1.29 is 49.0 Å². The summed E-state index contributed by atoms with van der Waals surface area (Å²) in [5.74, 6) is 1.73. The standard InChI is InChI=1S/C75H88O10/c1-44-33-64(76)58(50-17-9-5-10-18-50)40-54(44)72(55-41-59(65(77)34-45(55)2)51-19-11-6-12-20-51)62-38-48(25-27-68(62)84-70-29-31-82-74(70)80)37-49-26-28-69(85-71-30-32-83-75(71)81)63(39-49)73(56-42-60(66(78)35-46(56)3)52-21-13-7-14-22-52)57-43-61(67(79)36-47(57)4)53-23-15-8-16-24-53/h25-28,33-36,38-43,50-53,70-73,76-79H,5-24,29-32,37H2,1-4H3. The van der Waals surface area contributed by atoms with E-state index in [-0.39, 0.29) is 48.8 Å². The lowest BCUT2D eigenvalue weighted by Crippen LogP contribution is -2.23. The number of cyclic esters (lactones) is 2. The third-order valence-corrected chi connectivity index (χ3v) is 20.6. The molecule has 2 unspecified atom stereocenters. The average Bonchev–Trinajstić information content (AvgIpc) is 3.26. The highest BCUT2D eigenvalue weighted by atomic mass is 16.6. The van der Waals surface area contributed by atoms with Crippen LogP contribution in [0.2, 0.25) is 0 Å². The van der Waals surface area contributed by atoms with Gasteiger partial charge in [0.05, 0.1) is 13.2 Å². The van der Waals surface area contributed by atoms with E-state index in [9.17, 15) is 30.0 Å². The number of ether oxygens (including phenoxy) is 4. The second-order valence-corrected chi connectivity index (χ2v) is 26.3. The van der Waals surface area contributed by atoms with Crippen LogP contribution in [-0.2, 0) is 25.5 Å². The van der Waals surface area contributed by atoms with Crippen molar-refractivity contribution >= 4 is 11.9 Å². The molecule has 0 radical (unpaired) electrons. The van der Waals surface area contributed by atoms with Crippen molar-refractivity contribution in [2.75, 3.05) is 13.2 Å². The Bertz CT molecular complexity index is 3050. The van der Waals surface area contributed by atoms with Gasteiger partial charge in [-0.15, -0.1) is 0 Å². The van der Waals surface area contributed by atoms with Gasteiger partial charge in [0, 0.05) is 35.8 Å². The van der Waals surface area contributed by atoms with Crippen LogP contribution in [-0.4, -0.2) is 57.8 Å². The minimum Gasteiger partial charge on any atom is -0.508 e. The van der Waals surface area contributed by atoms with E-state index in [0.717, 1.165) is 192 Å². The number of benzene rings is 6. The Morgan fingerprint density at radius 1 is 0.376 bits per heavy atom. The van der Waals surface area contributed by atoms with Gasteiger partial charge < -0.3 is 39.4 Å². The SMILES string of the molecule is Cc1cc(O)c(C2CCCCC2)cc1C(c1cc(C2CCCCC2)c(O)cc1C)c1cc(Cc2ccc(OC3CCOC3=O)c(C(c3cc(C4CCCCC4)c(O)cc3C)c3cc(C4CCCCC4)c(O)cc3C)c2)ccc1OC1CCOC1=O. The van der Waals surface area contributed by atoms with Crippen molar-refractivity contribution in [1.82, 2.24) is 0 Å². The van der Waals surface area contributed by atoms with Crippen LogP contribution in [0.4, 0.5) is 0 Å². The number of esters is 2. The highest BCUT2D eigenvalue weighted by molar-refractivity contribution is 5.77. The summed E-state index contributed by atoms with van der Waals surface area (Å²) in [6, 6.07) is 29.5. The van der Waals surface area contributed by atoms with Gasteiger partial charge >= 0.3 is 11.9 Å². The maximum absolute atomic E-state index is 13.4. The second kappa shape index (κ2) is 25.6. The monoisotopic (exact) mass is 1150 g/mol. The Labute approximate surface area is 503 Å². The lowest BCUT2D eigenvalue weighted by Gasteiger charge is -2.31. The molecule has 2 saturated heterocycles. The van der Waals surface area contributed by atoms with Gasteiger partial charge in [0.15, 0.2) is 12.2 Å². The maximum atomic E-state index is 13.4. The number of phenolic OH excluding ortho intramolecular Hbond substituents is 4. The van der Waals surface area contributed by atoms with Crippen LogP contribution in [0.1, 0.15) is 266 Å². The van der Waals surface area contributed by atoms with Crippen LogP contribution < -0.4 is 9.47 Å². The average molecular weight is 1150 g/mol. The molecule has 448 valence electrons. The van der Waals surface area contributed by atoms with Crippen LogP contribution >= 0.6 is 0 Å². The summed E-state index contributed by atoms with van der Waals surface area (Å²) in [5, 5.41) is 47.3. The summed E-state index contributed by atoms with van der Waals surface area (Å²) in [4.78, 5) is 26.8. The molecule has 4 N–H and O–H groups in total. The van der Waals surface area contributed by atoms with Crippen LogP contribution in [0, 0.1) is 27.7 Å². The van der Waals surface area contributed by atoms with Crippen LogP contribution in [0.15, 0.2) is 84.9 Å². The number of hydrogen-bond donors (Lipinski definition) is 4. The lowest BCUT2D eigenvalue weighted by molar-refractivity contribution is -0.144. The third-order valence-electron chi connectivity index (χ3n) is 20.6. The summed E-state index contributed by atoms with van der Waals surface area (Å²) in [7, 11) is 0. The van der Waals surface area contributed by atoms with Crippen LogP contribution in [0.5, 0.6) is 34.5 Å². The van der Waals surface area contributed by atoms with Gasteiger partial charge in [-0.05, 0) is 223 Å². The number of aryl methyl sites for hydroxylation is 4. The lowest BCUT2D eigenvalue weighted by atomic mass is 9.75. The molecule has 12 rings (SSSR count). The van der Waals surface area contributed by atoms with Crippen molar-refractivity contribution in [1.29, 1.82) is 0 Å². The largest absolute Gasteiger partial charge is 0.508 e. The van der Waals surface area contributed by atoms with Crippen LogP contribution in [0.25, 0.3) is 0 Å². The first-order valence-electron chi connectivity index (χ1n) is 32.5. The molecule has 10 nitrogen and oxygen atoms in total. The highest BCUT2D eigenvalue weighted by Crippen LogP contribution is 2.51. The predicted octanol–water partition coefficient (Wildman–Crippen LogP) is 17.3. The minimum absolute atomic E-state index is 0.223. The molecule has 0 amide bonds. The molecule has 2 heterocycles. The minimum atomic E-state index is -0.782. The molecule has 85 heavy (non-hydrogen) atoms. The highest BCUT2D eigenvalue weighted by Gasteiger charge is 2.36.